The van der Waals surface area contributed by atoms with Crippen molar-refractivity contribution >= 4 is 5.91 Å². The third-order valence-electron chi connectivity index (χ3n) is 4.34. The fourth-order valence-electron chi connectivity index (χ4n) is 2.50. The van der Waals surface area contributed by atoms with E-state index in [0.717, 1.165) is 29.7 Å². The van der Waals surface area contributed by atoms with Gasteiger partial charge in [-0.1, -0.05) is 18.2 Å². The number of amides is 1. The lowest BCUT2D eigenvalue weighted by molar-refractivity contribution is -0.120. The van der Waals surface area contributed by atoms with E-state index in [4.69, 9.17) is 4.74 Å². The van der Waals surface area contributed by atoms with Gasteiger partial charge in [-0.15, -0.1) is 0 Å². The van der Waals surface area contributed by atoms with E-state index in [2.05, 4.69) is 10.3 Å². The number of hydrogen-bond acceptors (Lipinski definition) is 4. The lowest BCUT2D eigenvalue weighted by atomic mass is 10.1. The van der Waals surface area contributed by atoms with Crippen LogP contribution in [0.1, 0.15) is 24.0 Å². The number of hydrogen-bond donors (Lipinski definition) is 2. The molecule has 5 nitrogen and oxygen atoms in total. The number of nitrogens with one attached hydrogen (secondary N) is 1. The number of ether oxygens (including phenoxy) is 1. The summed E-state index contributed by atoms with van der Waals surface area (Å²) in [4.78, 5) is 16.1. The van der Waals surface area contributed by atoms with Gasteiger partial charge in [-0.25, -0.2) is 0 Å². The Morgan fingerprint density at radius 1 is 1.25 bits per heavy atom. The molecule has 1 aliphatic carbocycles. The maximum absolute atomic E-state index is 12.1. The van der Waals surface area contributed by atoms with Gasteiger partial charge in [0.15, 0.2) is 0 Å². The van der Waals surface area contributed by atoms with Crippen LogP contribution in [0.15, 0.2) is 48.8 Å². The van der Waals surface area contributed by atoms with Crippen LogP contribution in [-0.2, 0) is 17.8 Å². The van der Waals surface area contributed by atoms with Crippen LogP contribution in [0.5, 0.6) is 5.75 Å². The average Bonchev–Trinajstić information content (AvgIpc) is 3.40. The number of aromatic nitrogens is 1. The molecule has 0 radical (unpaired) electrons. The van der Waals surface area contributed by atoms with E-state index in [0.29, 0.717) is 19.6 Å². The first kappa shape index (κ1) is 16.5. The molecule has 1 saturated carbocycles. The SMILES string of the molecule is O=C(Cc1cccc(OCc2cccnc2)c1)NCC1(CO)CC1. The smallest absolute Gasteiger partial charge is 0.224 e. The topological polar surface area (TPSA) is 71.5 Å². The highest BCUT2D eigenvalue weighted by Crippen LogP contribution is 2.44. The molecular formula is C19H22N2O3. The quantitative estimate of drug-likeness (QED) is 0.779. The molecule has 1 amide bonds. The maximum atomic E-state index is 12.1. The molecule has 24 heavy (non-hydrogen) atoms. The van der Waals surface area contributed by atoms with Crippen molar-refractivity contribution in [1.29, 1.82) is 0 Å². The summed E-state index contributed by atoms with van der Waals surface area (Å²) in [5.41, 5.74) is 1.84. The van der Waals surface area contributed by atoms with Crippen molar-refractivity contribution in [2.45, 2.75) is 25.9 Å². The van der Waals surface area contributed by atoms with Gasteiger partial charge < -0.3 is 15.2 Å². The summed E-state index contributed by atoms with van der Waals surface area (Å²) in [5.74, 6) is 0.706. The van der Waals surface area contributed by atoms with E-state index < -0.39 is 0 Å². The summed E-state index contributed by atoms with van der Waals surface area (Å²) in [5, 5.41) is 12.2. The molecule has 1 heterocycles. The number of benzene rings is 1. The molecule has 1 aliphatic rings. The number of aliphatic hydroxyl groups excluding tert-OH is 1. The van der Waals surface area contributed by atoms with Gasteiger partial charge in [-0.3, -0.25) is 9.78 Å². The third kappa shape index (κ3) is 4.55. The molecule has 1 aromatic heterocycles. The zero-order valence-corrected chi connectivity index (χ0v) is 13.6. The first-order chi connectivity index (χ1) is 11.7. The number of nitrogens with zero attached hydrogens (tertiary/aromatic N) is 1. The zero-order chi connectivity index (χ0) is 16.8. The van der Waals surface area contributed by atoms with Crippen molar-refractivity contribution in [3.05, 3.63) is 59.9 Å². The third-order valence-corrected chi connectivity index (χ3v) is 4.34. The predicted molar refractivity (Wildman–Crippen MR) is 90.5 cm³/mol. The molecule has 0 aliphatic heterocycles. The van der Waals surface area contributed by atoms with Crippen LogP contribution >= 0.6 is 0 Å². The minimum absolute atomic E-state index is 0.0286. The summed E-state index contributed by atoms with van der Waals surface area (Å²) in [7, 11) is 0. The van der Waals surface area contributed by atoms with Gasteiger partial charge in [0.25, 0.3) is 0 Å². The molecule has 0 bridgehead atoms. The van der Waals surface area contributed by atoms with Gasteiger partial charge in [0, 0.05) is 29.9 Å². The van der Waals surface area contributed by atoms with Crippen LogP contribution in [0.3, 0.4) is 0 Å². The van der Waals surface area contributed by atoms with E-state index in [1.165, 1.54) is 0 Å². The molecule has 5 heteroatoms. The Bertz CT molecular complexity index is 684. The van der Waals surface area contributed by atoms with Gasteiger partial charge in [0.1, 0.15) is 12.4 Å². The number of carbonyl (C=O) groups excluding carboxylic acids is 1. The summed E-state index contributed by atoms with van der Waals surface area (Å²) in [6.07, 6.45) is 5.78. The molecule has 0 spiro atoms. The zero-order valence-electron chi connectivity index (χ0n) is 13.6. The highest BCUT2D eigenvalue weighted by atomic mass is 16.5. The molecule has 1 aromatic carbocycles. The summed E-state index contributed by atoms with van der Waals surface area (Å²) >= 11 is 0. The molecular weight excluding hydrogens is 304 g/mol. The van der Waals surface area contributed by atoms with Crippen LogP contribution in [-0.4, -0.2) is 29.1 Å². The van der Waals surface area contributed by atoms with Crippen molar-refractivity contribution in [3.8, 4) is 5.75 Å². The maximum Gasteiger partial charge on any atom is 0.224 e. The first-order valence-corrected chi connectivity index (χ1v) is 8.17. The Hall–Kier alpha value is -2.40. The van der Waals surface area contributed by atoms with Crippen LogP contribution in [0.2, 0.25) is 0 Å². The van der Waals surface area contributed by atoms with Crippen LogP contribution < -0.4 is 10.1 Å². The number of pyridine rings is 1. The van der Waals surface area contributed by atoms with E-state index in [-0.39, 0.29) is 17.9 Å². The first-order valence-electron chi connectivity index (χ1n) is 8.17. The normalized spacial score (nSPS) is 14.9. The Morgan fingerprint density at radius 2 is 2.08 bits per heavy atom. The molecule has 1 fully saturated rings. The fourth-order valence-corrected chi connectivity index (χ4v) is 2.50. The fraction of sp³-hybridized carbons (Fsp3) is 0.368. The molecule has 2 N–H and O–H groups in total. The van der Waals surface area contributed by atoms with Gasteiger partial charge in [0.2, 0.25) is 5.91 Å². The number of aliphatic hydroxyl groups is 1. The van der Waals surface area contributed by atoms with Gasteiger partial charge in [-0.2, -0.15) is 0 Å². The monoisotopic (exact) mass is 326 g/mol. The second kappa shape index (κ2) is 7.45. The summed E-state index contributed by atoms with van der Waals surface area (Å²) < 4.78 is 5.75. The Balaban J connectivity index is 1.50. The average molecular weight is 326 g/mol. The molecule has 0 atom stereocenters. The van der Waals surface area contributed by atoms with Crippen molar-refractivity contribution in [3.63, 3.8) is 0 Å². The Labute approximate surface area is 141 Å². The highest BCUT2D eigenvalue weighted by molar-refractivity contribution is 5.78. The Morgan fingerprint density at radius 3 is 2.79 bits per heavy atom. The number of carbonyl (C=O) groups is 1. The van der Waals surface area contributed by atoms with Crippen LogP contribution in [0, 0.1) is 5.41 Å². The van der Waals surface area contributed by atoms with Crippen LogP contribution in [0.4, 0.5) is 0 Å². The standard InChI is InChI=1S/C19H22N2O3/c22-14-19(6-7-19)13-21-18(23)10-15-3-1-5-17(9-15)24-12-16-4-2-8-20-11-16/h1-5,8-9,11,22H,6-7,10,12-14H2,(H,21,23). The molecule has 126 valence electrons. The van der Waals surface area contributed by atoms with Gasteiger partial charge in [0.05, 0.1) is 13.0 Å². The highest BCUT2D eigenvalue weighted by Gasteiger charge is 2.41. The lowest BCUT2D eigenvalue weighted by Crippen LogP contribution is -2.32. The molecule has 0 unspecified atom stereocenters. The Kier molecular flexibility index (Phi) is 5.11. The van der Waals surface area contributed by atoms with Crippen LogP contribution in [0.25, 0.3) is 0 Å². The lowest BCUT2D eigenvalue weighted by Gasteiger charge is -2.13. The number of rotatable bonds is 8. The largest absolute Gasteiger partial charge is 0.489 e. The van der Waals surface area contributed by atoms with E-state index in [1.54, 1.807) is 12.4 Å². The second-order valence-electron chi connectivity index (χ2n) is 6.41. The van der Waals surface area contributed by atoms with Crippen molar-refractivity contribution in [1.82, 2.24) is 10.3 Å². The van der Waals surface area contributed by atoms with Crippen molar-refractivity contribution in [2.75, 3.05) is 13.2 Å². The van der Waals surface area contributed by atoms with E-state index >= 15 is 0 Å². The summed E-state index contributed by atoms with van der Waals surface area (Å²) in [6.45, 7) is 1.15. The van der Waals surface area contributed by atoms with Gasteiger partial charge >= 0.3 is 0 Å². The van der Waals surface area contributed by atoms with E-state index in [1.807, 2.05) is 36.4 Å². The van der Waals surface area contributed by atoms with Crippen molar-refractivity contribution in [2.24, 2.45) is 5.41 Å². The molecule has 0 saturated heterocycles. The second-order valence-corrected chi connectivity index (χ2v) is 6.41. The van der Waals surface area contributed by atoms with Crippen molar-refractivity contribution < 1.29 is 14.6 Å². The summed E-state index contributed by atoms with van der Waals surface area (Å²) in [6, 6.07) is 11.4. The minimum Gasteiger partial charge on any atom is -0.489 e. The minimum atomic E-state index is -0.0651. The van der Waals surface area contributed by atoms with E-state index in [9.17, 15) is 9.90 Å². The predicted octanol–water partition coefficient (Wildman–Crippen LogP) is 2.09. The molecule has 3 rings (SSSR count). The molecule has 2 aromatic rings. The van der Waals surface area contributed by atoms with Gasteiger partial charge in [-0.05, 0) is 36.6 Å².